The number of nitrogens with one attached hydrogen (secondary N) is 1. The van der Waals surface area contributed by atoms with Crippen LogP contribution < -0.4 is 5.32 Å². The molecular weight excluding hydrogens is 539 g/mol. The van der Waals surface area contributed by atoms with Crippen molar-refractivity contribution in [1.82, 2.24) is 24.6 Å². The van der Waals surface area contributed by atoms with Crippen LogP contribution in [0.4, 0.5) is 4.39 Å². The Morgan fingerprint density at radius 1 is 1.31 bits per heavy atom. The van der Waals surface area contributed by atoms with Crippen molar-refractivity contribution in [3.63, 3.8) is 0 Å². The molecule has 1 amide bonds. The zero-order valence-corrected chi connectivity index (χ0v) is 25.0. The Morgan fingerprint density at radius 3 is 2.69 bits per heavy atom. The Labute approximate surface area is 234 Å². The van der Waals surface area contributed by atoms with Crippen molar-refractivity contribution in [1.29, 1.82) is 5.26 Å². The Kier molecular flexibility index (Phi) is 10.4. The van der Waals surface area contributed by atoms with E-state index in [0.717, 1.165) is 6.04 Å². The number of carbonyl (C=O) groups is 1. The number of hydrogen-bond donors (Lipinski definition) is 1. The second kappa shape index (κ2) is 13.3. The first kappa shape index (κ1) is 30.5. The minimum absolute atomic E-state index is 0.0293. The number of aromatic nitrogens is 4. The zero-order valence-electron chi connectivity index (χ0n) is 23.3. The van der Waals surface area contributed by atoms with E-state index in [-0.39, 0.29) is 34.3 Å². The van der Waals surface area contributed by atoms with Gasteiger partial charge < -0.3 is 19.4 Å². The maximum Gasteiger partial charge on any atom is 0.271 e. The lowest BCUT2D eigenvalue weighted by atomic mass is 10.1. The van der Waals surface area contributed by atoms with Crippen LogP contribution in [0, 0.1) is 17.1 Å². The van der Waals surface area contributed by atoms with E-state index in [2.05, 4.69) is 35.0 Å². The van der Waals surface area contributed by atoms with Crippen LogP contribution in [0.15, 0.2) is 30.6 Å². The molecule has 0 fully saturated rings. The standard InChI is InChI=1S/C27H36ClFN6O3Si/c1-7-38-19(3)26-32-25(16-34(26)17-37-10-11-39(4,5)6)27(36)31-18(2)15-35-9-8-24(33-35)20-12-22(28)21(14-30)23(29)13-20/h8-9,12-13,16,18-19H,7,10-11,15,17H2,1-6H3,(H,31,36)/t18-,19-/m0/s1. The topological polar surface area (TPSA) is 107 Å². The van der Waals surface area contributed by atoms with E-state index in [4.69, 9.17) is 26.3 Å². The number of carbonyl (C=O) groups excluding carboxylic acids is 1. The molecule has 1 N–H and O–H groups in total. The summed E-state index contributed by atoms with van der Waals surface area (Å²) < 4.78 is 29.3. The van der Waals surface area contributed by atoms with Gasteiger partial charge in [-0.15, -0.1) is 0 Å². The number of rotatable bonds is 13. The molecule has 0 aliphatic heterocycles. The fourth-order valence-corrected chi connectivity index (χ4v) is 4.91. The Morgan fingerprint density at radius 2 is 2.05 bits per heavy atom. The summed E-state index contributed by atoms with van der Waals surface area (Å²) in [5.74, 6) is -0.386. The van der Waals surface area contributed by atoms with Crippen molar-refractivity contribution in [3.05, 3.63) is 58.5 Å². The highest BCUT2D eigenvalue weighted by Gasteiger charge is 2.21. The summed E-state index contributed by atoms with van der Waals surface area (Å²) in [5, 5.41) is 16.5. The third kappa shape index (κ3) is 8.47. The lowest BCUT2D eigenvalue weighted by molar-refractivity contribution is 0.0486. The van der Waals surface area contributed by atoms with Gasteiger partial charge in [0.2, 0.25) is 0 Å². The van der Waals surface area contributed by atoms with E-state index >= 15 is 0 Å². The molecule has 3 rings (SSSR count). The SMILES string of the molecule is CCO[C@@H](C)c1nc(C(=O)N[C@@H](C)Cn2ccc(-c3cc(F)c(C#N)c(Cl)c3)n2)cn1COCC[Si](C)(C)C. The third-order valence-electron chi connectivity index (χ3n) is 5.98. The van der Waals surface area contributed by atoms with Gasteiger partial charge in [0.05, 0.1) is 17.3 Å². The molecular formula is C27H36ClFN6O3Si. The van der Waals surface area contributed by atoms with E-state index < -0.39 is 13.9 Å². The summed E-state index contributed by atoms with van der Waals surface area (Å²) in [7, 11) is -1.21. The van der Waals surface area contributed by atoms with Gasteiger partial charge in [-0.05, 0) is 45.0 Å². The van der Waals surface area contributed by atoms with Gasteiger partial charge >= 0.3 is 0 Å². The highest BCUT2D eigenvalue weighted by molar-refractivity contribution is 6.76. The van der Waals surface area contributed by atoms with Crippen LogP contribution in [-0.2, 0) is 22.7 Å². The molecule has 3 aromatic rings. The summed E-state index contributed by atoms with van der Waals surface area (Å²) in [4.78, 5) is 17.6. The monoisotopic (exact) mass is 574 g/mol. The highest BCUT2D eigenvalue weighted by Crippen LogP contribution is 2.27. The smallest absolute Gasteiger partial charge is 0.271 e. The first-order chi connectivity index (χ1) is 18.4. The van der Waals surface area contributed by atoms with Crippen LogP contribution in [0.2, 0.25) is 30.7 Å². The summed E-state index contributed by atoms with van der Waals surface area (Å²) >= 11 is 6.03. The molecule has 2 aromatic heterocycles. The molecule has 0 unspecified atom stereocenters. The number of ether oxygens (including phenoxy) is 2. The molecule has 12 heteroatoms. The van der Waals surface area contributed by atoms with E-state index in [0.29, 0.717) is 43.6 Å². The summed E-state index contributed by atoms with van der Waals surface area (Å²) in [6.07, 6.45) is 3.13. The molecule has 39 heavy (non-hydrogen) atoms. The second-order valence-corrected chi connectivity index (χ2v) is 16.7. The predicted octanol–water partition coefficient (Wildman–Crippen LogP) is 5.64. The van der Waals surface area contributed by atoms with Crippen molar-refractivity contribution in [2.45, 2.75) is 71.9 Å². The molecule has 0 aliphatic rings. The van der Waals surface area contributed by atoms with Gasteiger partial charge in [-0.1, -0.05) is 31.2 Å². The molecule has 210 valence electrons. The zero-order chi connectivity index (χ0) is 28.7. The van der Waals surface area contributed by atoms with Gasteiger partial charge in [0.1, 0.15) is 41.8 Å². The van der Waals surface area contributed by atoms with E-state index in [9.17, 15) is 9.18 Å². The number of nitrogens with zero attached hydrogens (tertiary/aromatic N) is 5. The molecule has 0 spiro atoms. The van der Waals surface area contributed by atoms with Gasteiger partial charge in [0.25, 0.3) is 5.91 Å². The number of imidazole rings is 1. The van der Waals surface area contributed by atoms with Gasteiger partial charge in [-0.25, -0.2) is 9.37 Å². The Balaban J connectivity index is 1.66. The fourth-order valence-electron chi connectivity index (χ4n) is 3.90. The Bertz CT molecular complexity index is 1310. The van der Waals surface area contributed by atoms with Crippen LogP contribution in [0.5, 0.6) is 0 Å². The van der Waals surface area contributed by atoms with Gasteiger partial charge in [-0.2, -0.15) is 10.4 Å². The van der Waals surface area contributed by atoms with Crippen molar-refractivity contribution in [3.8, 4) is 17.3 Å². The lowest BCUT2D eigenvalue weighted by Gasteiger charge is -2.17. The second-order valence-electron chi connectivity index (χ2n) is 10.6. The third-order valence-corrected chi connectivity index (χ3v) is 7.98. The van der Waals surface area contributed by atoms with E-state index in [1.54, 1.807) is 29.2 Å². The van der Waals surface area contributed by atoms with Crippen LogP contribution in [0.25, 0.3) is 11.3 Å². The predicted molar refractivity (Wildman–Crippen MR) is 151 cm³/mol. The number of hydrogen-bond acceptors (Lipinski definition) is 6. The number of nitriles is 1. The normalized spacial score (nSPS) is 13.2. The highest BCUT2D eigenvalue weighted by atomic mass is 35.5. The van der Waals surface area contributed by atoms with Crippen LogP contribution in [0.1, 0.15) is 48.8 Å². The van der Waals surface area contributed by atoms with Crippen molar-refractivity contribution in [2.75, 3.05) is 13.2 Å². The molecule has 1 aromatic carbocycles. The first-order valence-electron chi connectivity index (χ1n) is 12.9. The molecule has 0 aliphatic carbocycles. The van der Waals surface area contributed by atoms with E-state index in [1.807, 2.05) is 25.3 Å². The fraction of sp³-hybridized carbons (Fsp3) is 0.481. The first-order valence-corrected chi connectivity index (χ1v) is 17.0. The Hall–Kier alpha value is -3.04. The number of amides is 1. The van der Waals surface area contributed by atoms with Crippen molar-refractivity contribution in [2.24, 2.45) is 0 Å². The molecule has 2 atom stereocenters. The maximum atomic E-state index is 14.2. The van der Waals surface area contributed by atoms with Gasteiger partial charge in [0.15, 0.2) is 0 Å². The number of benzene rings is 1. The van der Waals surface area contributed by atoms with Gasteiger partial charge in [0, 0.05) is 45.3 Å². The molecule has 2 heterocycles. The van der Waals surface area contributed by atoms with Gasteiger partial charge in [-0.3, -0.25) is 9.48 Å². The maximum absolute atomic E-state index is 14.2. The van der Waals surface area contributed by atoms with Crippen LogP contribution >= 0.6 is 11.6 Å². The quantitative estimate of drug-likeness (QED) is 0.209. The summed E-state index contributed by atoms with van der Waals surface area (Å²) in [6, 6.07) is 6.97. The molecule has 0 radical (unpaired) electrons. The van der Waals surface area contributed by atoms with Crippen LogP contribution in [0.3, 0.4) is 0 Å². The lowest BCUT2D eigenvalue weighted by Crippen LogP contribution is -2.36. The van der Waals surface area contributed by atoms with Crippen LogP contribution in [-0.4, -0.2) is 52.6 Å². The summed E-state index contributed by atoms with van der Waals surface area (Å²) in [5.41, 5.74) is 1.04. The largest absolute Gasteiger partial charge is 0.371 e. The molecule has 9 nitrogen and oxygen atoms in total. The molecule has 0 saturated heterocycles. The minimum Gasteiger partial charge on any atom is -0.371 e. The average Bonchev–Trinajstić information content (AvgIpc) is 3.48. The number of halogens is 2. The van der Waals surface area contributed by atoms with Crippen molar-refractivity contribution < 1.29 is 18.7 Å². The van der Waals surface area contributed by atoms with E-state index in [1.165, 1.54) is 12.1 Å². The minimum atomic E-state index is -1.21. The summed E-state index contributed by atoms with van der Waals surface area (Å²) in [6.45, 7) is 14.4. The van der Waals surface area contributed by atoms with Crippen molar-refractivity contribution >= 4 is 25.6 Å². The molecule has 0 saturated carbocycles. The molecule has 0 bridgehead atoms. The average molecular weight is 575 g/mol.